The highest BCUT2D eigenvalue weighted by Crippen LogP contribution is 2.68. The van der Waals surface area contributed by atoms with Gasteiger partial charge in [0.25, 0.3) is 5.91 Å². The van der Waals surface area contributed by atoms with Crippen molar-refractivity contribution in [1.29, 1.82) is 0 Å². The lowest BCUT2D eigenvalue weighted by Gasteiger charge is -2.20. The zero-order valence-corrected chi connectivity index (χ0v) is 11.4. The van der Waals surface area contributed by atoms with Gasteiger partial charge in [0.05, 0.1) is 5.56 Å². The number of aliphatic carboxylic acids is 2. The van der Waals surface area contributed by atoms with Crippen LogP contribution in [0.2, 0.25) is 0 Å². The number of rotatable bonds is 3. The van der Waals surface area contributed by atoms with Gasteiger partial charge >= 0.3 is 11.9 Å². The van der Waals surface area contributed by atoms with E-state index in [2.05, 4.69) is 4.98 Å². The minimum absolute atomic E-state index is 0.0677. The second kappa shape index (κ2) is 4.03. The molecule has 2 N–H and O–H groups in total. The van der Waals surface area contributed by atoms with Crippen LogP contribution in [0.1, 0.15) is 22.5 Å². The van der Waals surface area contributed by atoms with E-state index >= 15 is 0 Å². The molecule has 1 aromatic heterocycles. The number of hydrogen-bond donors (Lipinski definition) is 2. The van der Waals surface area contributed by atoms with Crippen LogP contribution in [0.5, 0.6) is 0 Å². The van der Waals surface area contributed by atoms with Gasteiger partial charge in [-0.05, 0) is 25.5 Å². The zero-order valence-electron chi connectivity index (χ0n) is 11.4. The summed E-state index contributed by atoms with van der Waals surface area (Å²) in [5, 5.41) is 18.7. The zero-order chi connectivity index (χ0) is 15.4. The van der Waals surface area contributed by atoms with Crippen LogP contribution in [0.4, 0.5) is 0 Å². The fourth-order valence-corrected chi connectivity index (χ4v) is 3.31. The van der Waals surface area contributed by atoms with Gasteiger partial charge in [0.1, 0.15) is 10.8 Å². The summed E-state index contributed by atoms with van der Waals surface area (Å²) in [4.78, 5) is 40.7. The molecule has 0 radical (unpaired) electrons. The van der Waals surface area contributed by atoms with Crippen LogP contribution < -0.4 is 0 Å². The number of carboxylic acid groups (broad SMARTS) is 2. The van der Waals surface area contributed by atoms with Crippen LogP contribution in [0, 0.1) is 17.8 Å². The molecule has 0 aromatic carbocycles. The van der Waals surface area contributed by atoms with Gasteiger partial charge in [0.2, 0.25) is 0 Å². The maximum atomic E-state index is 12.5. The maximum Gasteiger partial charge on any atom is 0.312 e. The molecular formula is C14H14N2O5. The Morgan fingerprint density at radius 1 is 1.19 bits per heavy atom. The molecule has 1 amide bonds. The average Bonchev–Trinajstić information content (AvgIpc) is 2.98. The van der Waals surface area contributed by atoms with Gasteiger partial charge in [0, 0.05) is 25.0 Å². The fourth-order valence-electron chi connectivity index (χ4n) is 3.31. The van der Waals surface area contributed by atoms with E-state index in [4.69, 9.17) is 0 Å². The molecule has 1 saturated heterocycles. The SMILES string of the molecule is Cc1ncccc1C(=O)N1C[C@@]2(C(=O)O)C[C@@]2(C(=O)O)C1. The Morgan fingerprint density at radius 3 is 2.24 bits per heavy atom. The molecule has 2 heterocycles. The summed E-state index contributed by atoms with van der Waals surface area (Å²) in [5.74, 6) is -2.67. The van der Waals surface area contributed by atoms with Gasteiger partial charge in [-0.1, -0.05) is 0 Å². The molecule has 0 spiro atoms. The number of aryl methyl sites for hydroxylation is 1. The lowest BCUT2D eigenvalue weighted by molar-refractivity contribution is -0.151. The van der Waals surface area contributed by atoms with Gasteiger partial charge in [-0.3, -0.25) is 19.4 Å². The molecule has 2 aliphatic rings. The number of pyridine rings is 1. The van der Waals surface area contributed by atoms with Crippen LogP contribution >= 0.6 is 0 Å². The van der Waals surface area contributed by atoms with Gasteiger partial charge in [0.15, 0.2) is 0 Å². The van der Waals surface area contributed by atoms with E-state index in [0.717, 1.165) is 0 Å². The predicted octanol–water partition coefficient (Wildman–Crippen LogP) is 0.392. The van der Waals surface area contributed by atoms with Crippen molar-refractivity contribution in [3.8, 4) is 0 Å². The Kier molecular flexibility index (Phi) is 2.60. The van der Waals surface area contributed by atoms with Crippen LogP contribution in [0.15, 0.2) is 18.3 Å². The van der Waals surface area contributed by atoms with E-state index in [0.29, 0.717) is 11.3 Å². The summed E-state index contributed by atoms with van der Waals surface area (Å²) in [5.41, 5.74) is -1.77. The number of aromatic nitrogens is 1. The highest BCUT2D eigenvalue weighted by molar-refractivity contribution is 6.00. The Balaban J connectivity index is 1.91. The summed E-state index contributed by atoms with van der Waals surface area (Å²) in [7, 11) is 0. The molecule has 2 fully saturated rings. The third-order valence-electron chi connectivity index (χ3n) is 4.66. The van der Waals surface area contributed by atoms with Crippen LogP contribution in [0.25, 0.3) is 0 Å². The molecule has 110 valence electrons. The normalized spacial score (nSPS) is 29.9. The molecule has 1 aliphatic carbocycles. The molecule has 21 heavy (non-hydrogen) atoms. The summed E-state index contributed by atoms with van der Waals surface area (Å²) in [6.45, 7) is 1.55. The van der Waals surface area contributed by atoms with E-state index < -0.39 is 22.8 Å². The number of fused-ring (bicyclic) bond motifs is 1. The molecule has 7 nitrogen and oxygen atoms in total. The Morgan fingerprint density at radius 2 is 1.76 bits per heavy atom. The summed E-state index contributed by atoms with van der Waals surface area (Å²) in [6.07, 6.45) is 1.64. The largest absolute Gasteiger partial charge is 0.481 e. The van der Waals surface area contributed by atoms with Crippen molar-refractivity contribution in [2.75, 3.05) is 13.1 Å². The van der Waals surface area contributed by atoms with Gasteiger partial charge < -0.3 is 15.1 Å². The number of carbonyl (C=O) groups is 3. The van der Waals surface area contributed by atoms with Crippen LogP contribution in [0.3, 0.4) is 0 Å². The Hall–Kier alpha value is -2.44. The lowest BCUT2D eigenvalue weighted by Crippen LogP contribution is -2.35. The number of amides is 1. The van der Waals surface area contributed by atoms with Crippen molar-refractivity contribution in [1.82, 2.24) is 9.88 Å². The molecule has 1 aromatic rings. The van der Waals surface area contributed by atoms with E-state index in [9.17, 15) is 24.6 Å². The number of piperidine rings is 1. The third-order valence-corrected chi connectivity index (χ3v) is 4.66. The second-order valence-corrected chi connectivity index (χ2v) is 5.75. The smallest absolute Gasteiger partial charge is 0.312 e. The quantitative estimate of drug-likeness (QED) is 0.833. The van der Waals surface area contributed by atoms with Gasteiger partial charge in [-0.15, -0.1) is 0 Å². The first kappa shape index (κ1) is 13.5. The molecule has 2 atom stereocenters. The number of carboxylic acids is 2. The molecule has 7 heteroatoms. The van der Waals surface area contributed by atoms with E-state index in [1.54, 1.807) is 25.3 Å². The maximum absolute atomic E-state index is 12.5. The van der Waals surface area contributed by atoms with Crippen molar-refractivity contribution in [3.63, 3.8) is 0 Å². The van der Waals surface area contributed by atoms with E-state index in [-0.39, 0.29) is 25.4 Å². The minimum atomic E-state index is -1.34. The van der Waals surface area contributed by atoms with Crippen molar-refractivity contribution >= 4 is 17.8 Å². The summed E-state index contributed by atoms with van der Waals surface area (Å²) < 4.78 is 0. The third kappa shape index (κ3) is 1.60. The van der Waals surface area contributed by atoms with Gasteiger partial charge in [-0.2, -0.15) is 0 Å². The van der Waals surface area contributed by atoms with Crippen molar-refractivity contribution in [2.45, 2.75) is 13.3 Å². The first-order chi connectivity index (χ1) is 9.84. The molecule has 3 rings (SSSR count). The summed E-state index contributed by atoms with van der Waals surface area (Å²) in [6, 6.07) is 3.23. The van der Waals surface area contributed by atoms with Crippen molar-refractivity contribution in [2.24, 2.45) is 10.8 Å². The molecule has 1 aliphatic heterocycles. The average molecular weight is 290 g/mol. The van der Waals surface area contributed by atoms with Crippen molar-refractivity contribution in [3.05, 3.63) is 29.6 Å². The van der Waals surface area contributed by atoms with Crippen molar-refractivity contribution < 1.29 is 24.6 Å². The molecular weight excluding hydrogens is 276 g/mol. The first-order valence-corrected chi connectivity index (χ1v) is 6.52. The standard InChI is InChI=1S/C14H14N2O5/c1-8-9(3-2-4-15-8)10(17)16-6-13(11(18)19)5-14(13,7-16)12(20)21/h2-4H,5-7H2,1H3,(H,18,19)(H,20,21)/t13-,14+. The van der Waals surface area contributed by atoms with Crippen LogP contribution in [-0.2, 0) is 9.59 Å². The second-order valence-electron chi connectivity index (χ2n) is 5.75. The molecule has 1 saturated carbocycles. The number of hydrogen-bond acceptors (Lipinski definition) is 4. The monoisotopic (exact) mass is 290 g/mol. The fraction of sp³-hybridized carbons (Fsp3) is 0.429. The first-order valence-electron chi connectivity index (χ1n) is 6.52. The Bertz CT molecular complexity index is 645. The highest BCUT2D eigenvalue weighted by atomic mass is 16.4. The number of likely N-dealkylation sites (tertiary alicyclic amines) is 1. The van der Waals surface area contributed by atoms with E-state index in [1.165, 1.54) is 4.90 Å². The molecule has 0 unspecified atom stereocenters. The topological polar surface area (TPSA) is 108 Å². The van der Waals surface area contributed by atoms with Gasteiger partial charge in [-0.25, -0.2) is 0 Å². The number of nitrogens with zero attached hydrogens (tertiary/aromatic N) is 2. The lowest BCUT2D eigenvalue weighted by atomic mass is 9.97. The van der Waals surface area contributed by atoms with Crippen LogP contribution in [-0.4, -0.2) is 51.0 Å². The van der Waals surface area contributed by atoms with E-state index in [1.807, 2.05) is 0 Å². The minimum Gasteiger partial charge on any atom is -0.481 e. The Labute approximate surface area is 120 Å². The predicted molar refractivity (Wildman–Crippen MR) is 69.6 cm³/mol. The summed E-state index contributed by atoms with van der Waals surface area (Å²) >= 11 is 0. The highest BCUT2D eigenvalue weighted by Gasteiger charge is 2.81. The molecule has 0 bridgehead atoms. The number of carbonyl (C=O) groups excluding carboxylic acids is 1.